The van der Waals surface area contributed by atoms with Crippen LogP contribution < -0.4 is 5.32 Å². The summed E-state index contributed by atoms with van der Waals surface area (Å²) >= 11 is 7.36. The molecule has 0 bridgehead atoms. The second-order valence-electron chi connectivity index (χ2n) is 6.38. The lowest BCUT2D eigenvalue weighted by Gasteiger charge is -2.06. The van der Waals surface area contributed by atoms with E-state index < -0.39 is 5.82 Å². The van der Waals surface area contributed by atoms with Crippen LogP contribution >= 0.6 is 22.9 Å². The highest BCUT2D eigenvalue weighted by Crippen LogP contribution is 2.33. The number of pyridine rings is 1. The Morgan fingerprint density at radius 3 is 2.96 bits per heavy atom. The van der Waals surface area contributed by atoms with Crippen LogP contribution in [0.1, 0.15) is 20.9 Å². The predicted octanol–water partition coefficient (Wildman–Crippen LogP) is 4.73. The Labute approximate surface area is 169 Å². The first-order chi connectivity index (χ1) is 13.4. The maximum Gasteiger partial charge on any atom is 0.263 e. The van der Waals surface area contributed by atoms with E-state index in [2.05, 4.69) is 15.3 Å². The number of hydrogen-bond donors (Lipinski definition) is 1. The van der Waals surface area contributed by atoms with Gasteiger partial charge in [0, 0.05) is 42.0 Å². The van der Waals surface area contributed by atoms with Crippen molar-refractivity contribution in [3.05, 3.63) is 69.7 Å². The lowest BCUT2D eigenvalue weighted by molar-refractivity contribution is 0.0954. The molecular formula is C20H16ClFN4OS. The summed E-state index contributed by atoms with van der Waals surface area (Å²) in [5, 5.41) is 4.87. The van der Waals surface area contributed by atoms with Crippen LogP contribution in [0.15, 0.2) is 42.7 Å². The molecule has 1 amide bonds. The summed E-state index contributed by atoms with van der Waals surface area (Å²) in [6, 6.07) is 7.98. The number of hydrogen-bond acceptors (Lipinski definition) is 4. The fourth-order valence-corrected chi connectivity index (χ4v) is 4.27. The molecular weight excluding hydrogens is 399 g/mol. The van der Waals surface area contributed by atoms with Gasteiger partial charge in [-0.2, -0.15) is 0 Å². The smallest absolute Gasteiger partial charge is 0.263 e. The van der Waals surface area contributed by atoms with Gasteiger partial charge in [-0.15, -0.1) is 11.3 Å². The van der Waals surface area contributed by atoms with Gasteiger partial charge in [0.15, 0.2) is 0 Å². The van der Waals surface area contributed by atoms with Crippen molar-refractivity contribution < 1.29 is 9.18 Å². The summed E-state index contributed by atoms with van der Waals surface area (Å²) in [7, 11) is 1.93. The monoisotopic (exact) mass is 414 g/mol. The zero-order chi connectivity index (χ0) is 19.8. The molecule has 0 radical (unpaired) electrons. The summed E-state index contributed by atoms with van der Waals surface area (Å²) in [6.07, 6.45) is 3.72. The Bertz CT molecular complexity index is 1200. The van der Waals surface area contributed by atoms with Crippen molar-refractivity contribution in [1.29, 1.82) is 0 Å². The first-order valence-electron chi connectivity index (χ1n) is 8.54. The van der Waals surface area contributed by atoms with Crippen LogP contribution in [0.2, 0.25) is 5.02 Å². The molecule has 8 heteroatoms. The molecule has 0 fully saturated rings. The van der Waals surface area contributed by atoms with Crippen LogP contribution in [0.5, 0.6) is 0 Å². The van der Waals surface area contributed by atoms with E-state index in [0.29, 0.717) is 16.1 Å². The molecule has 4 rings (SSSR count). The minimum Gasteiger partial charge on any atom is -0.347 e. The maximum atomic E-state index is 13.2. The maximum absolute atomic E-state index is 13.2. The molecule has 0 aliphatic heterocycles. The fourth-order valence-electron chi connectivity index (χ4n) is 3.03. The summed E-state index contributed by atoms with van der Waals surface area (Å²) in [5.74, 6) is -0.646. The second kappa shape index (κ2) is 7.33. The van der Waals surface area contributed by atoms with E-state index in [4.69, 9.17) is 11.6 Å². The third-order valence-electron chi connectivity index (χ3n) is 4.42. The zero-order valence-corrected chi connectivity index (χ0v) is 16.7. The minimum atomic E-state index is -0.410. The van der Waals surface area contributed by atoms with Crippen LogP contribution in [-0.2, 0) is 13.6 Å². The highest BCUT2D eigenvalue weighted by molar-refractivity contribution is 7.17. The van der Waals surface area contributed by atoms with Crippen molar-refractivity contribution in [3.63, 3.8) is 0 Å². The number of benzene rings is 1. The third kappa shape index (κ3) is 3.39. The SMILES string of the molecule is Cc1nc(-c2cn(C)c3ncccc23)sc1C(=O)NCc1ccc(F)cc1Cl. The van der Waals surface area contributed by atoms with Crippen LogP contribution in [0.3, 0.4) is 0 Å². The number of aryl methyl sites for hydroxylation is 2. The molecule has 1 N–H and O–H groups in total. The van der Waals surface area contributed by atoms with Gasteiger partial charge >= 0.3 is 0 Å². The number of thiazole rings is 1. The molecule has 0 unspecified atom stereocenters. The van der Waals surface area contributed by atoms with Crippen LogP contribution in [0.25, 0.3) is 21.6 Å². The quantitative estimate of drug-likeness (QED) is 0.525. The zero-order valence-electron chi connectivity index (χ0n) is 15.2. The minimum absolute atomic E-state index is 0.211. The van der Waals surface area contributed by atoms with Gasteiger partial charge < -0.3 is 9.88 Å². The number of amides is 1. The Hall–Kier alpha value is -2.77. The third-order valence-corrected chi connectivity index (χ3v) is 5.96. The first kappa shape index (κ1) is 18.6. The molecule has 4 aromatic rings. The summed E-state index contributed by atoms with van der Waals surface area (Å²) in [4.78, 5) is 22.2. The summed E-state index contributed by atoms with van der Waals surface area (Å²) in [5.41, 5.74) is 3.11. The van der Waals surface area contributed by atoms with Gasteiger partial charge in [-0.1, -0.05) is 17.7 Å². The van der Waals surface area contributed by atoms with Crippen LogP contribution in [0, 0.1) is 12.7 Å². The Balaban J connectivity index is 1.59. The molecule has 1 aromatic carbocycles. The molecule has 0 aliphatic rings. The van der Waals surface area contributed by atoms with Crippen molar-refractivity contribution in [2.45, 2.75) is 13.5 Å². The van der Waals surface area contributed by atoms with Crippen molar-refractivity contribution in [3.8, 4) is 10.6 Å². The molecule has 0 atom stereocenters. The predicted molar refractivity (Wildman–Crippen MR) is 109 cm³/mol. The molecule has 0 spiro atoms. The normalized spacial score (nSPS) is 11.1. The molecule has 142 valence electrons. The molecule has 28 heavy (non-hydrogen) atoms. The summed E-state index contributed by atoms with van der Waals surface area (Å²) in [6.45, 7) is 2.02. The first-order valence-corrected chi connectivity index (χ1v) is 9.73. The number of carbonyl (C=O) groups excluding carboxylic acids is 1. The van der Waals surface area contributed by atoms with Gasteiger partial charge in [0.25, 0.3) is 5.91 Å². The standard InChI is InChI=1S/C20H16ClFN4OS/c1-11-17(19(27)24-9-12-5-6-13(22)8-16(12)21)28-20(25-11)15-10-26(2)18-14(15)4-3-7-23-18/h3-8,10H,9H2,1-2H3,(H,24,27). The van der Waals surface area contributed by atoms with Gasteiger partial charge in [0.1, 0.15) is 21.3 Å². The van der Waals surface area contributed by atoms with E-state index in [0.717, 1.165) is 21.6 Å². The average molecular weight is 415 g/mol. The summed E-state index contributed by atoms with van der Waals surface area (Å²) < 4.78 is 15.1. The van der Waals surface area contributed by atoms with Gasteiger partial charge in [0.2, 0.25) is 0 Å². The van der Waals surface area contributed by atoms with Gasteiger partial charge in [-0.3, -0.25) is 4.79 Å². The van der Waals surface area contributed by atoms with Gasteiger partial charge in [-0.05, 0) is 36.8 Å². The molecule has 0 saturated heterocycles. The highest BCUT2D eigenvalue weighted by atomic mass is 35.5. The van der Waals surface area contributed by atoms with E-state index in [-0.39, 0.29) is 17.5 Å². The van der Waals surface area contributed by atoms with E-state index in [1.54, 1.807) is 12.3 Å². The van der Waals surface area contributed by atoms with E-state index >= 15 is 0 Å². The molecule has 0 aliphatic carbocycles. The van der Waals surface area contributed by atoms with E-state index in [9.17, 15) is 9.18 Å². The van der Waals surface area contributed by atoms with Crippen molar-refractivity contribution in [2.24, 2.45) is 7.05 Å². The van der Waals surface area contributed by atoms with Crippen molar-refractivity contribution in [1.82, 2.24) is 19.9 Å². The topological polar surface area (TPSA) is 59.8 Å². The van der Waals surface area contributed by atoms with Gasteiger partial charge in [-0.25, -0.2) is 14.4 Å². The number of rotatable bonds is 4. The second-order valence-corrected chi connectivity index (χ2v) is 7.79. The Morgan fingerprint density at radius 1 is 1.36 bits per heavy atom. The number of nitrogens with zero attached hydrogens (tertiary/aromatic N) is 3. The van der Waals surface area contributed by atoms with E-state index in [1.165, 1.54) is 23.5 Å². The molecule has 5 nitrogen and oxygen atoms in total. The van der Waals surface area contributed by atoms with Crippen LogP contribution in [-0.4, -0.2) is 20.4 Å². The van der Waals surface area contributed by atoms with E-state index in [1.807, 2.05) is 36.9 Å². The average Bonchev–Trinajstić information content (AvgIpc) is 3.21. The van der Waals surface area contributed by atoms with Crippen molar-refractivity contribution in [2.75, 3.05) is 0 Å². The number of carbonyl (C=O) groups is 1. The van der Waals surface area contributed by atoms with Crippen molar-refractivity contribution >= 4 is 39.9 Å². The Morgan fingerprint density at radius 2 is 2.18 bits per heavy atom. The number of halogens is 2. The Kier molecular flexibility index (Phi) is 4.87. The van der Waals surface area contributed by atoms with Gasteiger partial charge in [0.05, 0.1) is 5.69 Å². The lowest BCUT2D eigenvalue weighted by atomic mass is 10.2. The lowest BCUT2D eigenvalue weighted by Crippen LogP contribution is -2.22. The van der Waals surface area contributed by atoms with Crippen LogP contribution in [0.4, 0.5) is 4.39 Å². The molecule has 3 heterocycles. The molecule has 3 aromatic heterocycles. The number of aromatic nitrogens is 3. The molecule has 0 saturated carbocycles. The fraction of sp³-hybridized carbons (Fsp3) is 0.150. The highest BCUT2D eigenvalue weighted by Gasteiger charge is 2.19. The number of nitrogens with one attached hydrogen (secondary N) is 1. The number of fused-ring (bicyclic) bond motifs is 1. The largest absolute Gasteiger partial charge is 0.347 e.